The number of hydrogen-bond acceptors (Lipinski definition) is 4. The van der Waals surface area contributed by atoms with E-state index >= 15 is 0 Å². The van der Waals surface area contributed by atoms with Crippen molar-refractivity contribution in [3.8, 4) is 0 Å². The lowest BCUT2D eigenvalue weighted by molar-refractivity contribution is -0.139. The zero-order valence-electron chi connectivity index (χ0n) is 9.70. The van der Waals surface area contributed by atoms with Gasteiger partial charge in [-0.2, -0.15) is 0 Å². The number of nitrogens with zero attached hydrogens (tertiary/aromatic N) is 1. The molecular weight excluding hydrogens is 224 g/mol. The Balaban J connectivity index is 2.27. The molecule has 1 atom stereocenters. The van der Waals surface area contributed by atoms with Gasteiger partial charge in [0.25, 0.3) is 0 Å². The van der Waals surface area contributed by atoms with Crippen molar-refractivity contribution in [2.24, 2.45) is 0 Å². The first-order chi connectivity index (χ1) is 7.38. The van der Waals surface area contributed by atoms with Crippen molar-refractivity contribution in [1.82, 2.24) is 10.3 Å². The van der Waals surface area contributed by atoms with Crippen LogP contribution in [0.25, 0.3) is 0 Å². The molecule has 1 aliphatic rings. The quantitative estimate of drug-likeness (QED) is 0.781. The van der Waals surface area contributed by atoms with E-state index < -0.39 is 12.0 Å². The highest BCUT2D eigenvalue weighted by atomic mass is 32.1. The standard InChI is InChI=1S/C11H16N2O2S/c1-11(2,3)10-13-6-4-7(9(14)15)12-5-8(6)16-10/h7,12H,4-5H2,1-3H3,(H,14,15). The number of hydrogen-bond donors (Lipinski definition) is 2. The summed E-state index contributed by atoms with van der Waals surface area (Å²) in [6.45, 7) is 7.00. The van der Waals surface area contributed by atoms with Crippen molar-refractivity contribution < 1.29 is 9.90 Å². The molecule has 0 amide bonds. The van der Waals surface area contributed by atoms with Gasteiger partial charge in [0.15, 0.2) is 0 Å². The third-order valence-corrected chi connectivity index (χ3v) is 4.15. The molecule has 5 heteroatoms. The van der Waals surface area contributed by atoms with Crippen molar-refractivity contribution in [2.75, 3.05) is 0 Å². The lowest BCUT2D eigenvalue weighted by atomic mass is 9.98. The van der Waals surface area contributed by atoms with Crippen LogP contribution in [0, 0.1) is 0 Å². The number of nitrogens with one attached hydrogen (secondary N) is 1. The summed E-state index contributed by atoms with van der Waals surface area (Å²) in [5.41, 5.74) is 1.00. The van der Waals surface area contributed by atoms with E-state index in [4.69, 9.17) is 5.11 Å². The Bertz CT molecular complexity index is 420. The molecule has 88 valence electrons. The second kappa shape index (κ2) is 3.82. The molecule has 2 N–H and O–H groups in total. The molecule has 1 unspecified atom stereocenters. The minimum Gasteiger partial charge on any atom is -0.480 e. The third kappa shape index (κ3) is 2.10. The summed E-state index contributed by atoms with van der Waals surface area (Å²) >= 11 is 1.69. The van der Waals surface area contributed by atoms with Crippen LogP contribution in [0.1, 0.15) is 36.3 Å². The molecule has 0 saturated carbocycles. The predicted octanol–water partition coefficient (Wildman–Crippen LogP) is 1.54. The fourth-order valence-corrected chi connectivity index (χ4v) is 2.76. The zero-order valence-corrected chi connectivity index (χ0v) is 10.5. The van der Waals surface area contributed by atoms with Crippen molar-refractivity contribution in [1.29, 1.82) is 0 Å². The molecule has 0 radical (unpaired) electrons. The predicted molar refractivity (Wildman–Crippen MR) is 62.8 cm³/mol. The molecule has 1 aromatic rings. The van der Waals surface area contributed by atoms with Gasteiger partial charge in [0.1, 0.15) is 6.04 Å². The first kappa shape index (κ1) is 11.5. The summed E-state index contributed by atoms with van der Waals surface area (Å²) in [6, 6.07) is -0.484. The molecule has 0 bridgehead atoms. The van der Waals surface area contributed by atoms with E-state index in [1.165, 1.54) is 4.88 Å². The van der Waals surface area contributed by atoms with Gasteiger partial charge in [0.2, 0.25) is 0 Å². The summed E-state index contributed by atoms with van der Waals surface area (Å²) in [7, 11) is 0. The number of carbonyl (C=O) groups is 1. The van der Waals surface area contributed by atoms with Gasteiger partial charge in [-0.15, -0.1) is 11.3 Å². The normalized spacial score (nSPS) is 20.6. The summed E-state index contributed by atoms with van der Waals surface area (Å²) in [6.07, 6.45) is 0.497. The number of aromatic nitrogens is 1. The summed E-state index contributed by atoms with van der Waals surface area (Å²) in [4.78, 5) is 16.6. The van der Waals surface area contributed by atoms with Crippen LogP contribution in [0.3, 0.4) is 0 Å². The second-order valence-electron chi connectivity index (χ2n) is 5.11. The third-order valence-electron chi connectivity index (χ3n) is 2.62. The van der Waals surface area contributed by atoms with Gasteiger partial charge in [-0.25, -0.2) is 4.98 Å². The van der Waals surface area contributed by atoms with E-state index in [9.17, 15) is 4.79 Å². The number of aliphatic carboxylic acids is 1. The van der Waals surface area contributed by atoms with Crippen LogP contribution >= 0.6 is 11.3 Å². The Morgan fingerprint density at radius 1 is 1.56 bits per heavy atom. The van der Waals surface area contributed by atoms with Gasteiger partial charge in [-0.1, -0.05) is 20.8 Å². The van der Waals surface area contributed by atoms with Crippen LogP contribution < -0.4 is 5.32 Å². The van der Waals surface area contributed by atoms with E-state index in [0.717, 1.165) is 10.7 Å². The molecule has 2 rings (SSSR count). The fourth-order valence-electron chi connectivity index (χ4n) is 1.66. The van der Waals surface area contributed by atoms with Gasteiger partial charge in [-0.3, -0.25) is 10.1 Å². The van der Waals surface area contributed by atoms with Crippen molar-refractivity contribution >= 4 is 17.3 Å². The molecule has 2 heterocycles. The lowest BCUT2D eigenvalue weighted by Crippen LogP contribution is -2.41. The highest BCUT2D eigenvalue weighted by Crippen LogP contribution is 2.31. The SMILES string of the molecule is CC(C)(C)c1nc2c(s1)CNC(C(=O)O)C2. The van der Waals surface area contributed by atoms with Crippen LogP contribution in [0.15, 0.2) is 0 Å². The summed E-state index contributed by atoms with van der Waals surface area (Å²) in [5, 5.41) is 13.0. The van der Waals surface area contributed by atoms with Gasteiger partial charge in [0.05, 0.1) is 10.7 Å². The fraction of sp³-hybridized carbons (Fsp3) is 0.636. The monoisotopic (exact) mass is 240 g/mol. The summed E-state index contributed by atoms with van der Waals surface area (Å²) < 4.78 is 0. The molecule has 1 aliphatic heterocycles. The van der Waals surface area contributed by atoms with Gasteiger partial charge < -0.3 is 5.11 Å². The van der Waals surface area contributed by atoms with Gasteiger partial charge in [0, 0.05) is 23.3 Å². The van der Waals surface area contributed by atoms with Gasteiger partial charge >= 0.3 is 5.97 Å². The van der Waals surface area contributed by atoms with Crippen molar-refractivity contribution in [2.45, 2.75) is 45.2 Å². The van der Waals surface area contributed by atoms with E-state index in [-0.39, 0.29) is 5.41 Å². The van der Waals surface area contributed by atoms with E-state index in [1.54, 1.807) is 11.3 Å². The molecule has 0 spiro atoms. The lowest BCUT2D eigenvalue weighted by Gasteiger charge is -2.18. The smallest absolute Gasteiger partial charge is 0.321 e. The highest BCUT2D eigenvalue weighted by Gasteiger charge is 2.29. The van der Waals surface area contributed by atoms with E-state index in [1.807, 2.05) is 0 Å². The first-order valence-electron chi connectivity index (χ1n) is 5.33. The van der Waals surface area contributed by atoms with Gasteiger partial charge in [-0.05, 0) is 0 Å². The minimum absolute atomic E-state index is 0.0424. The Morgan fingerprint density at radius 2 is 2.25 bits per heavy atom. The Kier molecular flexibility index (Phi) is 2.75. The maximum Gasteiger partial charge on any atom is 0.321 e. The highest BCUT2D eigenvalue weighted by molar-refractivity contribution is 7.11. The maximum absolute atomic E-state index is 10.9. The van der Waals surface area contributed by atoms with Crippen LogP contribution in [0.4, 0.5) is 0 Å². The van der Waals surface area contributed by atoms with Crippen molar-refractivity contribution in [3.05, 3.63) is 15.6 Å². The zero-order chi connectivity index (χ0) is 11.9. The Hall–Kier alpha value is -0.940. The molecule has 0 fully saturated rings. The largest absolute Gasteiger partial charge is 0.480 e. The van der Waals surface area contributed by atoms with Crippen LogP contribution in [-0.4, -0.2) is 22.1 Å². The number of fused-ring (bicyclic) bond motifs is 1. The average molecular weight is 240 g/mol. The average Bonchev–Trinajstić information content (AvgIpc) is 2.58. The number of thiazole rings is 1. The van der Waals surface area contributed by atoms with Crippen molar-refractivity contribution in [3.63, 3.8) is 0 Å². The van der Waals surface area contributed by atoms with E-state index in [2.05, 4.69) is 31.1 Å². The minimum atomic E-state index is -0.795. The van der Waals surface area contributed by atoms with Crippen LogP contribution in [0.2, 0.25) is 0 Å². The van der Waals surface area contributed by atoms with Crippen LogP contribution in [0.5, 0.6) is 0 Å². The Morgan fingerprint density at radius 3 is 2.81 bits per heavy atom. The molecule has 0 aliphatic carbocycles. The van der Waals surface area contributed by atoms with Crippen LogP contribution in [-0.2, 0) is 23.2 Å². The number of carboxylic acids is 1. The molecule has 0 saturated heterocycles. The number of carboxylic acid groups (broad SMARTS) is 1. The first-order valence-corrected chi connectivity index (χ1v) is 6.15. The molecule has 4 nitrogen and oxygen atoms in total. The molecule has 1 aromatic heterocycles. The topological polar surface area (TPSA) is 62.2 Å². The molecule has 16 heavy (non-hydrogen) atoms. The Labute approximate surface area is 98.7 Å². The van der Waals surface area contributed by atoms with E-state index in [0.29, 0.717) is 13.0 Å². The number of rotatable bonds is 1. The summed E-state index contributed by atoms with van der Waals surface area (Å²) in [5.74, 6) is -0.795. The maximum atomic E-state index is 10.9. The second-order valence-corrected chi connectivity index (χ2v) is 6.20. The molecule has 0 aromatic carbocycles. The molecular formula is C11H16N2O2S.